The van der Waals surface area contributed by atoms with Crippen LogP contribution in [0.5, 0.6) is 0 Å². The average molecular weight is 284 g/mol. The molecule has 2 aromatic rings. The molecule has 0 amide bonds. The summed E-state index contributed by atoms with van der Waals surface area (Å²) in [6.45, 7) is 1.78. The summed E-state index contributed by atoms with van der Waals surface area (Å²) in [6.07, 6.45) is 1.21. The lowest BCUT2D eigenvalue weighted by atomic mass is 10.1. The second-order valence-corrected chi connectivity index (χ2v) is 4.08. The van der Waals surface area contributed by atoms with Crippen molar-refractivity contribution < 1.29 is 9.53 Å². The van der Waals surface area contributed by atoms with Crippen molar-refractivity contribution in [1.82, 2.24) is 4.98 Å². The van der Waals surface area contributed by atoms with Crippen molar-refractivity contribution >= 4 is 22.9 Å². The van der Waals surface area contributed by atoms with Crippen molar-refractivity contribution in [3.8, 4) is 0 Å². The van der Waals surface area contributed by atoms with Crippen molar-refractivity contribution in [1.29, 1.82) is 0 Å². The van der Waals surface area contributed by atoms with Gasteiger partial charge in [0.15, 0.2) is 0 Å². The summed E-state index contributed by atoms with van der Waals surface area (Å²) in [5.41, 5.74) is 8.74. The number of nitrogens with one attached hydrogen (secondary N) is 1. The van der Waals surface area contributed by atoms with Crippen LogP contribution in [-0.2, 0) is 9.53 Å². The molecule has 106 valence electrons. The SMILES string of the molecule is CCOC(=O)C(=Cc1cc2ccccc2[nH]c1=O)N=[N+]=[N-]. The highest BCUT2D eigenvalue weighted by atomic mass is 16.5. The number of pyridine rings is 1. The first kappa shape index (κ1) is 14.4. The first-order chi connectivity index (χ1) is 10.2. The monoisotopic (exact) mass is 284 g/mol. The maximum Gasteiger partial charge on any atom is 0.340 e. The molecule has 7 nitrogen and oxygen atoms in total. The van der Waals surface area contributed by atoms with E-state index in [0.717, 1.165) is 5.39 Å². The fourth-order valence-electron chi connectivity index (χ4n) is 1.80. The molecule has 0 spiro atoms. The first-order valence-electron chi connectivity index (χ1n) is 6.21. The van der Waals surface area contributed by atoms with E-state index in [-0.39, 0.29) is 23.4 Å². The van der Waals surface area contributed by atoms with E-state index >= 15 is 0 Å². The van der Waals surface area contributed by atoms with Crippen LogP contribution in [0.2, 0.25) is 0 Å². The van der Waals surface area contributed by atoms with Crippen LogP contribution >= 0.6 is 0 Å². The van der Waals surface area contributed by atoms with E-state index in [9.17, 15) is 9.59 Å². The molecular weight excluding hydrogens is 272 g/mol. The molecule has 1 N–H and O–H groups in total. The molecule has 21 heavy (non-hydrogen) atoms. The van der Waals surface area contributed by atoms with Gasteiger partial charge in [-0.1, -0.05) is 23.3 Å². The van der Waals surface area contributed by atoms with Gasteiger partial charge in [-0.05, 0) is 36.0 Å². The number of H-pyrrole nitrogens is 1. The summed E-state index contributed by atoms with van der Waals surface area (Å²) in [5, 5.41) is 4.07. The average Bonchev–Trinajstić information content (AvgIpc) is 2.47. The van der Waals surface area contributed by atoms with E-state index in [0.29, 0.717) is 5.52 Å². The van der Waals surface area contributed by atoms with E-state index in [2.05, 4.69) is 15.0 Å². The maximum absolute atomic E-state index is 12.0. The van der Waals surface area contributed by atoms with Crippen LogP contribution in [0.3, 0.4) is 0 Å². The zero-order valence-corrected chi connectivity index (χ0v) is 11.2. The summed E-state index contributed by atoms with van der Waals surface area (Å²) in [7, 11) is 0. The summed E-state index contributed by atoms with van der Waals surface area (Å²) in [4.78, 5) is 28.9. The van der Waals surface area contributed by atoms with Gasteiger partial charge < -0.3 is 9.72 Å². The number of nitrogens with zero attached hydrogens (tertiary/aromatic N) is 3. The Balaban J connectivity index is 2.55. The summed E-state index contributed by atoms with van der Waals surface area (Å²) < 4.78 is 4.77. The zero-order valence-electron chi connectivity index (χ0n) is 11.2. The lowest BCUT2D eigenvalue weighted by Gasteiger charge is -2.02. The number of fused-ring (bicyclic) bond motifs is 1. The molecule has 1 aromatic carbocycles. The van der Waals surface area contributed by atoms with E-state index < -0.39 is 5.97 Å². The third-order valence-electron chi connectivity index (χ3n) is 2.71. The minimum absolute atomic E-state index is 0.144. The minimum Gasteiger partial charge on any atom is -0.462 e. The molecule has 2 rings (SSSR count). The third-order valence-corrected chi connectivity index (χ3v) is 2.71. The number of hydrogen-bond donors (Lipinski definition) is 1. The molecule has 0 saturated heterocycles. The number of carbonyl (C=O) groups is 1. The Labute approximate surface area is 119 Å². The Bertz CT molecular complexity index is 816. The second kappa shape index (κ2) is 6.40. The third kappa shape index (κ3) is 3.29. The molecule has 0 fully saturated rings. The highest BCUT2D eigenvalue weighted by Crippen LogP contribution is 2.13. The number of para-hydroxylation sites is 1. The van der Waals surface area contributed by atoms with Crippen LogP contribution in [0.15, 0.2) is 45.9 Å². The predicted octanol–water partition coefficient (Wildman–Crippen LogP) is 2.74. The first-order valence-corrected chi connectivity index (χ1v) is 6.21. The molecule has 1 heterocycles. The van der Waals surface area contributed by atoms with Crippen LogP contribution in [0.25, 0.3) is 27.4 Å². The lowest BCUT2D eigenvalue weighted by molar-refractivity contribution is -0.138. The number of benzene rings is 1. The molecule has 1 aromatic heterocycles. The Kier molecular flexibility index (Phi) is 4.38. The minimum atomic E-state index is -0.775. The number of azide groups is 1. The molecule has 0 aliphatic rings. The molecule has 0 aliphatic heterocycles. The van der Waals surface area contributed by atoms with E-state index in [1.807, 2.05) is 12.1 Å². The van der Waals surface area contributed by atoms with Crippen LogP contribution < -0.4 is 5.56 Å². The smallest absolute Gasteiger partial charge is 0.340 e. The van der Waals surface area contributed by atoms with Crippen molar-refractivity contribution in [3.63, 3.8) is 0 Å². The van der Waals surface area contributed by atoms with E-state index in [1.165, 1.54) is 6.08 Å². The van der Waals surface area contributed by atoms with Crippen molar-refractivity contribution in [3.05, 3.63) is 62.4 Å². The van der Waals surface area contributed by atoms with Crippen molar-refractivity contribution in [2.75, 3.05) is 6.61 Å². The largest absolute Gasteiger partial charge is 0.462 e. The number of aromatic nitrogens is 1. The number of rotatable bonds is 4. The van der Waals surface area contributed by atoms with Gasteiger partial charge in [-0.15, -0.1) is 0 Å². The molecule has 0 bridgehead atoms. The standard InChI is InChI=1S/C14H12N4O3/c1-2-21-14(20)12(17-18-15)8-10-7-9-5-3-4-6-11(9)16-13(10)19/h3-8H,2H2,1H3,(H,16,19). The zero-order chi connectivity index (χ0) is 15.2. The lowest BCUT2D eigenvalue weighted by Crippen LogP contribution is -2.11. The van der Waals surface area contributed by atoms with Crippen LogP contribution in [0.4, 0.5) is 0 Å². The second-order valence-electron chi connectivity index (χ2n) is 4.08. The topological polar surface area (TPSA) is 108 Å². The van der Waals surface area contributed by atoms with Gasteiger partial charge in [-0.25, -0.2) is 4.79 Å². The van der Waals surface area contributed by atoms with Crippen LogP contribution in [0.1, 0.15) is 12.5 Å². The van der Waals surface area contributed by atoms with Gasteiger partial charge in [0.05, 0.1) is 6.61 Å². The fourth-order valence-corrected chi connectivity index (χ4v) is 1.80. The molecule has 0 unspecified atom stereocenters. The highest BCUT2D eigenvalue weighted by Gasteiger charge is 2.10. The van der Waals surface area contributed by atoms with Gasteiger partial charge in [0, 0.05) is 16.0 Å². The Morgan fingerprint density at radius 2 is 2.24 bits per heavy atom. The molecule has 0 atom stereocenters. The summed E-state index contributed by atoms with van der Waals surface area (Å²) in [5.74, 6) is -0.775. The number of hydrogen-bond acceptors (Lipinski definition) is 4. The van der Waals surface area contributed by atoms with E-state index in [1.54, 1.807) is 25.1 Å². The van der Waals surface area contributed by atoms with Crippen LogP contribution in [0, 0.1) is 0 Å². The molecular formula is C14H12N4O3. The van der Waals surface area contributed by atoms with Crippen molar-refractivity contribution in [2.24, 2.45) is 5.11 Å². The summed E-state index contributed by atoms with van der Waals surface area (Å²) in [6, 6.07) is 8.83. The number of ether oxygens (including phenoxy) is 1. The molecule has 7 heteroatoms. The number of esters is 1. The quantitative estimate of drug-likeness (QED) is 0.306. The van der Waals surface area contributed by atoms with Gasteiger partial charge in [-0.2, -0.15) is 0 Å². The summed E-state index contributed by atoms with van der Waals surface area (Å²) >= 11 is 0. The maximum atomic E-state index is 12.0. The number of carbonyl (C=O) groups excluding carboxylic acids is 1. The van der Waals surface area contributed by atoms with Crippen molar-refractivity contribution in [2.45, 2.75) is 6.92 Å². The molecule has 0 saturated carbocycles. The van der Waals surface area contributed by atoms with Gasteiger partial charge in [-0.3, -0.25) is 4.79 Å². The molecule has 0 radical (unpaired) electrons. The van der Waals surface area contributed by atoms with Gasteiger partial charge in [0.1, 0.15) is 5.70 Å². The van der Waals surface area contributed by atoms with E-state index in [4.69, 9.17) is 10.3 Å². The normalized spacial score (nSPS) is 11.0. The van der Waals surface area contributed by atoms with Crippen LogP contribution in [-0.4, -0.2) is 17.6 Å². The number of aromatic amines is 1. The predicted molar refractivity (Wildman–Crippen MR) is 78.3 cm³/mol. The highest BCUT2D eigenvalue weighted by molar-refractivity contribution is 5.94. The molecule has 0 aliphatic carbocycles. The van der Waals surface area contributed by atoms with Gasteiger partial charge in [0.25, 0.3) is 5.56 Å². The Morgan fingerprint density at radius 1 is 1.48 bits per heavy atom. The fraction of sp³-hybridized carbons (Fsp3) is 0.143. The van der Waals surface area contributed by atoms with Gasteiger partial charge in [0.2, 0.25) is 0 Å². The van der Waals surface area contributed by atoms with Gasteiger partial charge >= 0.3 is 5.97 Å². The Hall–Kier alpha value is -3.05. The Morgan fingerprint density at radius 3 is 2.95 bits per heavy atom.